The summed E-state index contributed by atoms with van der Waals surface area (Å²) < 4.78 is 0. The molecule has 0 aromatic rings. The van der Waals surface area contributed by atoms with Gasteiger partial charge in [-0.1, -0.05) is 0 Å². The summed E-state index contributed by atoms with van der Waals surface area (Å²) in [5.41, 5.74) is 0. The summed E-state index contributed by atoms with van der Waals surface area (Å²) in [6.07, 6.45) is 0. The van der Waals surface area contributed by atoms with Gasteiger partial charge in [0, 0.05) is 40.2 Å². The first-order valence-corrected chi connectivity index (χ1v) is 0.928. The maximum atomic E-state index is 9.00. The van der Waals surface area contributed by atoms with Gasteiger partial charge in [0.25, 0.3) is 5.97 Å². The van der Waals surface area contributed by atoms with E-state index in [0.29, 0.717) is 0 Å². The van der Waals surface area contributed by atoms with Crippen molar-refractivity contribution in [1.82, 2.24) is 0 Å². The fraction of sp³-hybridized carbons (Fsp3) is 0.500. The van der Waals surface area contributed by atoms with Gasteiger partial charge in [0.1, 0.15) is 0 Å². The molecule has 59 valence electrons. The van der Waals surface area contributed by atoms with Crippen LogP contribution in [-0.4, -0.2) is 11.1 Å². The zero-order valence-electron chi connectivity index (χ0n) is 3.82. The summed E-state index contributed by atoms with van der Waals surface area (Å²) in [5, 5.41) is 7.42. The van der Waals surface area contributed by atoms with Gasteiger partial charge >= 0.3 is 0 Å². The molecule has 0 fully saturated rings. The molecule has 0 bridgehead atoms. The van der Waals surface area contributed by atoms with E-state index in [0.717, 1.165) is 6.92 Å². The quantitative estimate of drug-likeness (QED) is 0.650. The second kappa shape index (κ2) is 24.4. The van der Waals surface area contributed by atoms with E-state index in [1.807, 2.05) is 0 Å². The Morgan fingerprint density at radius 2 is 1.38 bits per heavy atom. The minimum Gasteiger partial charge on any atom is -0.481 e. The standard InChI is InChI=1S/C2H4O2.2ClH.Co.Ni/c1-2(3)4;;;;/h1H3,(H,3,4);2*1H;;. The van der Waals surface area contributed by atoms with Gasteiger partial charge < -0.3 is 5.11 Å². The minimum absolute atomic E-state index is 0. The molecule has 0 rings (SSSR count). The van der Waals surface area contributed by atoms with Crippen molar-refractivity contribution in [3.8, 4) is 0 Å². The van der Waals surface area contributed by atoms with Crippen molar-refractivity contribution in [2.24, 2.45) is 0 Å². The molecule has 0 saturated carbocycles. The van der Waals surface area contributed by atoms with E-state index in [4.69, 9.17) is 9.90 Å². The number of carbonyl (C=O) groups is 1. The number of aliphatic carboxylic acids is 1. The van der Waals surface area contributed by atoms with Crippen LogP contribution in [0.15, 0.2) is 0 Å². The van der Waals surface area contributed by atoms with E-state index < -0.39 is 5.97 Å². The van der Waals surface area contributed by atoms with Crippen LogP contribution in [0.25, 0.3) is 0 Å². The van der Waals surface area contributed by atoms with Crippen molar-refractivity contribution in [2.45, 2.75) is 6.92 Å². The largest absolute Gasteiger partial charge is 0.481 e. The fourth-order valence-electron chi connectivity index (χ4n) is 0. The van der Waals surface area contributed by atoms with Crippen LogP contribution >= 0.6 is 24.8 Å². The summed E-state index contributed by atoms with van der Waals surface area (Å²) in [6, 6.07) is 0. The van der Waals surface area contributed by atoms with Gasteiger partial charge in [-0.2, -0.15) is 0 Å². The van der Waals surface area contributed by atoms with Crippen molar-refractivity contribution in [1.29, 1.82) is 0 Å². The van der Waals surface area contributed by atoms with Crippen molar-refractivity contribution in [3.63, 3.8) is 0 Å². The molecule has 0 spiro atoms. The summed E-state index contributed by atoms with van der Waals surface area (Å²) in [7, 11) is 0. The Morgan fingerprint density at radius 1 is 1.38 bits per heavy atom. The predicted molar refractivity (Wildman–Crippen MR) is 27.8 cm³/mol. The van der Waals surface area contributed by atoms with Crippen LogP contribution in [0.3, 0.4) is 0 Å². The van der Waals surface area contributed by atoms with Crippen LogP contribution in [-0.2, 0) is 38.1 Å². The summed E-state index contributed by atoms with van der Waals surface area (Å²) in [5.74, 6) is -0.833. The van der Waals surface area contributed by atoms with Gasteiger partial charge in [0.2, 0.25) is 0 Å². The van der Waals surface area contributed by atoms with Crippen molar-refractivity contribution >= 4 is 30.8 Å². The number of halogens is 2. The summed E-state index contributed by atoms with van der Waals surface area (Å²) in [4.78, 5) is 9.00. The number of carboxylic acid groups (broad SMARTS) is 1. The Morgan fingerprint density at radius 3 is 1.38 bits per heavy atom. The molecular weight excluding hydrogens is 245 g/mol. The molecule has 1 N–H and O–H groups in total. The van der Waals surface area contributed by atoms with Crippen LogP contribution in [0.2, 0.25) is 0 Å². The molecule has 8 heavy (non-hydrogen) atoms. The Bertz CT molecular complexity index is 41.0. The summed E-state index contributed by atoms with van der Waals surface area (Å²) in [6.45, 7) is 1.08. The van der Waals surface area contributed by atoms with Crippen LogP contribution < -0.4 is 0 Å². The summed E-state index contributed by atoms with van der Waals surface area (Å²) >= 11 is 0. The molecule has 1 radical (unpaired) electrons. The Hall–Kier alpha value is 1.05. The molecule has 2 nitrogen and oxygen atoms in total. The Balaban J connectivity index is -0.00000000750. The van der Waals surface area contributed by atoms with Crippen molar-refractivity contribution < 1.29 is 43.2 Å². The monoisotopic (exact) mass is 249 g/mol. The number of hydrogen-bond donors (Lipinski definition) is 1. The van der Waals surface area contributed by atoms with Crippen molar-refractivity contribution in [3.05, 3.63) is 0 Å². The second-order valence-electron chi connectivity index (χ2n) is 0.519. The molecular formula is C2H6Cl2CoNiO2. The minimum atomic E-state index is -0.833. The van der Waals surface area contributed by atoms with E-state index in [2.05, 4.69) is 0 Å². The Kier molecular flexibility index (Phi) is 109. The van der Waals surface area contributed by atoms with E-state index in [9.17, 15) is 0 Å². The average molecular weight is 251 g/mol. The molecule has 0 aromatic carbocycles. The first kappa shape index (κ1) is 35.8. The number of carboxylic acids is 1. The SMILES string of the molecule is CC(=O)O.Cl.Cl.[Co].[Ni]. The number of hydrogen-bond acceptors (Lipinski definition) is 1. The van der Waals surface area contributed by atoms with Gasteiger partial charge in [-0.25, -0.2) is 0 Å². The molecule has 0 heterocycles. The molecule has 0 amide bonds. The van der Waals surface area contributed by atoms with Gasteiger partial charge in [-0.3, -0.25) is 4.79 Å². The van der Waals surface area contributed by atoms with Crippen LogP contribution in [0.5, 0.6) is 0 Å². The van der Waals surface area contributed by atoms with Gasteiger partial charge in [0.15, 0.2) is 0 Å². The maximum absolute atomic E-state index is 9.00. The molecule has 0 aliphatic rings. The van der Waals surface area contributed by atoms with Gasteiger partial charge in [-0.05, 0) is 0 Å². The molecule has 0 unspecified atom stereocenters. The molecule has 0 aliphatic carbocycles. The van der Waals surface area contributed by atoms with Crippen LogP contribution in [0.1, 0.15) is 6.92 Å². The zero-order chi connectivity index (χ0) is 3.58. The van der Waals surface area contributed by atoms with Gasteiger partial charge in [-0.15, -0.1) is 24.8 Å². The molecule has 0 aliphatic heterocycles. The van der Waals surface area contributed by atoms with Gasteiger partial charge in [0.05, 0.1) is 0 Å². The zero-order valence-corrected chi connectivity index (χ0v) is 7.48. The van der Waals surface area contributed by atoms with E-state index in [1.54, 1.807) is 0 Å². The first-order chi connectivity index (χ1) is 1.73. The van der Waals surface area contributed by atoms with Crippen LogP contribution in [0, 0.1) is 0 Å². The maximum Gasteiger partial charge on any atom is 0.300 e. The third-order valence-corrected chi connectivity index (χ3v) is 0. The van der Waals surface area contributed by atoms with E-state index in [1.165, 1.54) is 0 Å². The molecule has 0 atom stereocenters. The van der Waals surface area contributed by atoms with Crippen LogP contribution in [0.4, 0.5) is 0 Å². The Labute approximate surface area is 80.7 Å². The third kappa shape index (κ3) is 234. The third-order valence-electron chi connectivity index (χ3n) is 0. The predicted octanol–water partition coefficient (Wildman–Crippen LogP) is 0.929. The smallest absolute Gasteiger partial charge is 0.300 e. The van der Waals surface area contributed by atoms with E-state index >= 15 is 0 Å². The molecule has 0 saturated heterocycles. The molecule has 0 aromatic heterocycles. The second-order valence-corrected chi connectivity index (χ2v) is 0.519. The van der Waals surface area contributed by atoms with E-state index in [-0.39, 0.29) is 58.1 Å². The topological polar surface area (TPSA) is 37.3 Å². The first-order valence-electron chi connectivity index (χ1n) is 0.928. The molecule has 6 heteroatoms. The number of rotatable bonds is 0. The normalized spacial score (nSPS) is 3.12. The van der Waals surface area contributed by atoms with Crippen molar-refractivity contribution in [2.75, 3.05) is 0 Å². The average Bonchev–Trinajstić information content (AvgIpc) is 0.811. The fourth-order valence-corrected chi connectivity index (χ4v) is 0.